The zero-order valence-corrected chi connectivity index (χ0v) is 10.0. The lowest BCUT2D eigenvalue weighted by Gasteiger charge is -2.01. The molecule has 0 aliphatic heterocycles. The molecule has 0 saturated heterocycles. The SMILES string of the molecule is [O-]/C=N/N=C\C(=C\c1cccnc1)c1cccnc1. The van der Waals surface area contributed by atoms with E-state index in [1.54, 1.807) is 24.8 Å². The second kappa shape index (κ2) is 6.80. The van der Waals surface area contributed by atoms with Crippen LogP contribution in [0.2, 0.25) is 0 Å². The van der Waals surface area contributed by atoms with E-state index in [0.717, 1.165) is 16.7 Å². The minimum absolute atomic E-state index is 0.390. The zero-order chi connectivity index (χ0) is 13.3. The minimum atomic E-state index is 0.390. The third-order valence-corrected chi connectivity index (χ3v) is 2.31. The average Bonchev–Trinajstić information content (AvgIpc) is 2.48. The molecule has 5 nitrogen and oxygen atoms in total. The van der Waals surface area contributed by atoms with Crippen LogP contribution in [0.25, 0.3) is 11.6 Å². The molecule has 5 heteroatoms. The van der Waals surface area contributed by atoms with Crippen LogP contribution >= 0.6 is 0 Å². The smallest absolute Gasteiger partial charge is 0.0574 e. The Kier molecular flexibility index (Phi) is 4.52. The molecule has 2 aromatic heterocycles. The van der Waals surface area contributed by atoms with Crippen LogP contribution in [0.1, 0.15) is 11.1 Å². The fourth-order valence-electron chi connectivity index (χ4n) is 1.49. The van der Waals surface area contributed by atoms with Crippen molar-refractivity contribution >= 4 is 24.3 Å². The largest absolute Gasteiger partial charge is 0.863 e. The van der Waals surface area contributed by atoms with Gasteiger partial charge in [0.2, 0.25) is 0 Å². The van der Waals surface area contributed by atoms with E-state index in [2.05, 4.69) is 20.2 Å². The van der Waals surface area contributed by atoms with Crippen molar-refractivity contribution in [2.24, 2.45) is 10.2 Å². The van der Waals surface area contributed by atoms with Crippen molar-refractivity contribution < 1.29 is 5.11 Å². The number of aromatic nitrogens is 2. The van der Waals surface area contributed by atoms with Gasteiger partial charge in [-0.2, -0.15) is 10.2 Å². The van der Waals surface area contributed by atoms with Gasteiger partial charge in [-0.05, 0) is 30.2 Å². The topological polar surface area (TPSA) is 73.6 Å². The van der Waals surface area contributed by atoms with Crippen molar-refractivity contribution in [2.75, 3.05) is 0 Å². The predicted molar refractivity (Wildman–Crippen MR) is 73.3 cm³/mol. The maximum atomic E-state index is 10.2. The summed E-state index contributed by atoms with van der Waals surface area (Å²) in [7, 11) is 0. The monoisotopic (exact) mass is 251 g/mol. The molecule has 0 aromatic carbocycles. The van der Waals surface area contributed by atoms with Crippen LogP contribution in [0, 0.1) is 0 Å². The first-order valence-electron chi connectivity index (χ1n) is 5.59. The normalized spacial score (nSPS) is 12.3. The van der Waals surface area contributed by atoms with Crippen molar-refractivity contribution in [1.29, 1.82) is 0 Å². The van der Waals surface area contributed by atoms with Gasteiger partial charge >= 0.3 is 0 Å². The van der Waals surface area contributed by atoms with Crippen LogP contribution in [-0.2, 0) is 0 Å². The molecule has 0 spiro atoms. The minimum Gasteiger partial charge on any atom is -0.863 e. The molecule has 0 aliphatic carbocycles. The zero-order valence-electron chi connectivity index (χ0n) is 10.0. The maximum absolute atomic E-state index is 10.2. The fourth-order valence-corrected chi connectivity index (χ4v) is 1.49. The summed E-state index contributed by atoms with van der Waals surface area (Å²) in [5.74, 6) is 0. The lowest BCUT2D eigenvalue weighted by atomic mass is 10.1. The van der Waals surface area contributed by atoms with E-state index in [-0.39, 0.29) is 0 Å². The molecule has 0 N–H and O–H groups in total. The number of nitrogens with zero attached hydrogens (tertiary/aromatic N) is 4. The Balaban J connectivity index is 2.37. The molecular formula is C14H11N4O-. The molecule has 0 amide bonds. The lowest BCUT2D eigenvalue weighted by molar-refractivity contribution is -0.201. The lowest BCUT2D eigenvalue weighted by Crippen LogP contribution is -1.95. The average molecular weight is 251 g/mol. The standard InChI is InChI=1S/C14H12N4O/c19-11-18-17-10-14(13-4-2-6-16-9-13)7-12-3-1-5-15-8-12/h1-11H,(H,18,19)/p-1/b14-7-,17-10-. The number of allylic oxidation sites excluding steroid dienone is 1. The highest BCUT2D eigenvalue weighted by atomic mass is 16.3. The van der Waals surface area contributed by atoms with Gasteiger partial charge in [-0.3, -0.25) is 9.97 Å². The molecule has 0 fully saturated rings. The molecule has 2 heterocycles. The summed E-state index contributed by atoms with van der Waals surface area (Å²) in [4.78, 5) is 8.10. The van der Waals surface area contributed by atoms with Crippen molar-refractivity contribution in [2.45, 2.75) is 0 Å². The van der Waals surface area contributed by atoms with Crippen LogP contribution in [0.4, 0.5) is 0 Å². The Bertz CT molecular complexity index is 591. The van der Waals surface area contributed by atoms with E-state index in [1.807, 2.05) is 30.3 Å². The highest BCUT2D eigenvalue weighted by Gasteiger charge is 1.99. The summed E-state index contributed by atoms with van der Waals surface area (Å²) in [6.07, 6.45) is 10.7. The Morgan fingerprint density at radius 1 is 1.05 bits per heavy atom. The molecule has 2 rings (SSSR count). The Morgan fingerprint density at radius 3 is 2.47 bits per heavy atom. The van der Waals surface area contributed by atoms with Crippen molar-refractivity contribution in [3.05, 3.63) is 60.2 Å². The predicted octanol–water partition coefficient (Wildman–Crippen LogP) is 1.39. The number of hydrogen-bond acceptors (Lipinski definition) is 5. The Hall–Kier alpha value is -2.82. The molecule has 0 radical (unpaired) electrons. The number of rotatable bonds is 4. The summed E-state index contributed by atoms with van der Waals surface area (Å²) >= 11 is 0. The van der Waals surface area contributed by atoms with E-state index >= 15 is 0 Å². The van der Waals surface area contributed by atoms with Crippen LogP contribution < -0.4 is 5.11 Å². The van der Waals surface area contributed by atoms with E-state index in [4.69, 9.17) is 0 Å². The van der Waals surface area contributed by atoms with Crippen molar-refractivity contribution in [3.63, 3.8) is 0 Å². The third-order valence-electron chi connectivity index (χ3n) is 2.31. The summed E-state index contributed by atoms with van der Waals surface area (Å²) in [5.41, 5.74) is 2.61. The fraction of sp³-hybridized carbons (Fsp3) is 0. The van der Waals surface area contributed by atoms with Gasteiger partial charge in [0.25, 0.3) is 0 Å². The molecule has 2 aromatic rings. The summed E-state index contributed by atoms with van der Waals surface area (Å²) in [6.45, 7) is 0. The van der Waals surface area contributed by atoms with Crippen LogP contribution in [-0.4, -0.2) is 22.6 Å². The van der Waals surface area contributed by atoms with Gasteiger partial charge in [-0.15, -0.1) is 0 Å². The van der Waals surface area contributed by atoms with Gasteiger partial charge in [0.1, 0.15) is 0 Å². The molecule has 0 atom stereocenters. The van der Waals surface area contributed by atoms with Gasteiger partial charge in [0.05, 0.1) is 6.21 Å². The number of pyridine rings is 2. The van der Waals surface area contributed by atoms with Gasteiger partial charge in [0, 0.05) is 35.9 Å². The van der Waals surface area contributed by atoms with Crippen LogP contribution in [0.3, 0.4) is 0 Å². The van der Waals surface area contributed by atoms with E-state index in [9.17, 15) is 5.11 Å². The Labute approximate surface area is 110 Å². The highest BCUT2D eigenvalue weighted by Crippen LogP contribution is 2.15. The van der Waals surface area contributed by atoms with Gasteiger partial charge in [-0.25, -0.2) is 0 Å². The van der Waals surface area contributed by atoms with E-state index < -0.39 is 0 Å². The molecule has 0 unspecified atom stereocenters. The van der Waals surface area contributed by atoms with Gasteiger partial charge < -0.3 is 5.11 Å². The third kappa shape index (κ3) is 3.85. The summed E-state index contributed by atoms with van der Waals surface area (Å²) < 4.78 is 0. The first-order valence-corrected chi connectivity index (χ1v) is 5.59. The van der Waals surface area contributed by atoms with Gasteiger partial charge in [0.15, 0.2) is 0 Å². The van der Waals surface area contributed by atoms with Crippen LogP contribution in [0.15, 0.2) is 59.3 Å². The molecule has 0 aliphatic rings. The van der Waals surface area contributed by atoms with Gasteiger partial charge in [-0.1, -0.05) is 12.1 Å². The molecule has 94 valence electrons. The van der Waals surface area contributed by atoms with E-state index in [1.165, 1.54) is 6.21 Å². The molecule has 0 bridgehead atoms. The second-order valence-corrected chi connectivity index (χ2v) is 3.59. The van der Waals surface area contributed by atoms with Crippen molar-refractivity contribution in [1.82, 2.24) is 9.97 Å². The molecule has 19 heavy (non-hydrogen) atoms. The number of hydrogen-bond donors (Lipinski definition) is 0. The van der Waals surface area contributed by atoms with Crippen molar-refractivity contribution in [3.8, 4) is 0 Å². The first kappa shape index (κ1) is 12.6. The van der Waals surface area contributed by atoms with Crippen LogP contribution in [0.5, 0.6) is 0 Å². The summed E-state index contributed by atoms with van der Waals surface area (Å²) in [5, 5.41) is 17.1. The molecule has 0 saturated carbocycles. The maximum Gasteiger partial charge on any atom is 0.0574 e. The second-order valence-electron chi connectivity index (χ2n) is 3.59. The molecular weight excluding hydrogens is 240 g/mol. The summed E-state index contributed by atoms with van der Waals surface area (Å²) in [6, 6.07) is 7.51. The first-order chi connectivity index (χ1) is 9.40. The Morgan fingerprint density at radius 2 is 1.84 bits per heavy atom. The van der Waals surface area contributed by atoms with E-state index in [0.29, 0.717) is 6.40 Å². The quantitative estimate of drug-likeness (QED) is 0.468. The highest BCUT2D eigenvalue weighted by molar-refractivity contribution is 6.15.